The quantitative estimate of drug-likeness (QED) is 0.804. The monoisotopic (exact) mass is 324 g/mol. The van der Waals surface area contributed by atoms with E-state index in [9.17, 15) is 4.79 Å². The Kier molecular flexibility index (Phi) is 4.21. The number of aromatic nitrogens is 1. The van der Waals surface area contributed by atoms with Gasteiger partial charge in [-0.2, -0.15) is 0 Å². The number of rotatable bonds is 4. The van der Waals surface area contributed by atoms with Crippen LogP contribution in [0.3, 0.4) is 0 Å². The molecule has 0 aliphatic carbocycles. The molecule has 4 heteroatoms. The van der Waals surface area contributed by atoms with Crippen LogP contribution in [-0.2, 0) is 6.54 Å². The summed E-state index contributed by atoms with van der Waals surface area (Å²) in [7, 11) is 0. The molecule has 1 saturated heterocycles. The molecule has 3 rings (SSSR count). The summed E-state index contributed by atoms with van der Waals surface area (Å²) in [6.45, 7) is 4.57. The van der Waals surface area contributed by atoms with Gasteiger partial charge in [0.25, 0.3) is 0 Å². The number of hydrogen-bond donors (Lipinski definition) is 0. The van der Waals surface area contributed by atoms with Gasteiger partial charge >= 0.3 is 119 Å². The maximum atomic E-state index is 12.2. The zero-order chi connectivity index (χ0) is 13.1. The molecule has 2 aromatic rings. The number of nitrogens with zero attached hydrogens (tertiary/aromatic N) is 2. The predicted octanol–water partition coefficient (Wildman–Crippen LogP) is 1.93. The molecular weight excluding hydrogens is 303 g/mol. The van der Waals surface area contributed by atoms with Gasteiger partial charge in [0.15, 0.2) is 0 Å². The molecule has 3 nitrogen and oxygen atoms in total. The standard InChI is InChI=1S/C15H20N2OSe/c18-15-13-7-2-3-8-14(13)19-17(15)12-6-11-16-9-4-1-5-10-16/h2-3,7-8H,1,4-6,9-12H2. The molecule has 0 saturated carbocycles. The second kappa shape index (κ2) is 6.08. The van der Waals surface area contributed by atoms with Crippen molar-refractivity contribution >= 4 is 24.4 Å². The van der Waals surface area contributed by atoms with Crippen molar-refractivity contribution in [3.05, 3.63) is 34.6 Å². The molecule has 1 aliphatic heterocycles. The first-order valence-electron chi connectivity index (χ1n) is 7.16. The number of fused-ring (bicyclic) bond motifs is 1. The van der Waals surface area contributed by atoms with Gasteiger partial charge in [0.05, 0.1) is 0 Å². The van der Waals surface area contributed by atoms with Crippen LogP contribution in [0.2, 0.25) is 0 Å². The Bertz CT molecular complexity index is 595. The van der Waals surface area contributed by atoms with Crippen molar-refractivity contribution in [1.82, 2.24) is 8.46 Å². The number of benzene rings is 1. The molecule has 2 heterocycles. The first-order valence-corrected chi connectivity index (χ1v) is 8.78. The van der Waals surface area contributed by atoms with Gasteiger partial charge in [-0.15, -0.1) is 0 Å². The van der Waals surface area contributed by atoms with Crippen molar-refractivity contribution in [2.24, 2.45) is 0 Å². The molecule has 0 unspecified atom stereocenters. The van der Waals surface area contributed by atoms with Crippen molar-refractivity contribution < 1.29 is 0 Å². The molecule has 1 aliphatic rings. The number of aryl methyl sites for hydroxylation is 1. The van der Waals surface area contributed by atoms with E-state index in [0.29, 0.717) is 0 Å². The molecule has 1 aromatic heterocycles. The Morgan fingerprint density at radius 3 is 2.63 bits per heavy atom. The number of likely N-dealkylation sites (tertiary alicyclic amines) is 1. The van der Waals surface area contributed by atoms with Gasteiger partial charge in [-0.05, 0) is 0 Å². The summed E-state index contributed by atoms with van der Waals surface area (Å²) in [5.74, 6) is 0. The van der Waals surface area contributed by atoms with Gasteiger partial charge in [0, 0.05) is 0 Å². The zero-order valence-corrected chi connectivity index (χ0v) is 12.9. The Balaban J connectivity index is 1.62. The van der Waals surface area contributed by atoms with Crippen molar-refractivity contribution in [3.63, 3.8) is 0 Å². The third-order valence-corrected chi connectivity index (χ3v) is 6.19. The summed E-state index contributed by atoms with van der Waals surface area (Å²) in [6.07, 6.45) is 5.19. The van der Waals surface area contributed by atoms with Gasteiger partial charge in [-0.3, -0.25) is 0 Å². The first-order chi connectivity index (χ1) is 9.34. The van der Waals surface area contributed by atoms with Crippen LogP contribution in [0.5, 0.6) is 0 Å². The van der Waals surface area contributed by atoms with Crippen molar-refractivity contribution in [2.45, 2.75) is 32.2 Å². The normalized spacial score (nSPS) is 17.1. The summed E-state index contributed by atoms with van der Waals surface area (Å²) in [6, 6.07) is 8.05. The number of hydrogen-bond acceptors (Lipinski definition) is 2. The molecule has 0 bridgehead atoms. The second-order valence-electron chi connectivity index (χ2n) is 5.25. The second-order valence-corrected chi connectivity index (χ2v) is 7.48. The van der Waals surface area contributed by atoms with E-state index in [1.54, 1.807) is 0 Å². The van der Waals surface area contributed by atoms with Crippen LogP contribution in [0.1, 0.15) is 25.7 Å². The molecule has 19 heavy (non-hydrogen) atoms. The average molecular weight is 323 g/mol. The average Bonchev–Trinajstić information content (AvgIpc) is 2.78. The van der Waals surface area contributed by atoms with E-state index in [0.717, 1.165) is 24.9 Å². The van der Waals surface area contributed by atoms with Crippen LogP contribution in [0.4, 0.5) is 0 Å². The summed E-state index contributed by atoms with van der Waals surface area (Å²) >= 11 is 0.204. The minimum absolute atomic E-state index is 0.204. The van der Waals surface area contributed by atoms with E-state index in [-0.39, 0.29) is 20.3 Å². The van der Waals surface area contributed by atoms with Crippen LogP contribution in [-0.4, -0.2) is 42.8 Å². The van der Waals surface area contributed by atoms with Gasteiger partial charge in [-0.25, -0.2) is 0 Å². The maximum absolute atomic E-state index is 12.2. The molecule has 0 atom stereocenters. The summed E-state index contributed by atoms with van der Waals surface area (Å²) in [5.41, 5.74) is 0.245. The molecular formula is C15H20N2OSe. The number of piperidine rings is 1. The van der Waals surface area contributed by atoms with Crippen LogP contribution in [0.25, 0.3) is 9.65 Å². The van der Waals surface area contributed by atoms with Gasteiger partial charge in [-0.1, -0.05) is 0 Å². The third kappa shape index (κ3) is 3.02. The topological polar surface area (TPSA) is 25.2 Å². The van der Waals surface area contributed by atoms with Crippen molar-refractivity contribution in [3.8, 4) is 0 Å². The Morgan fingerprint density at radius 1 is 1.05 bits per heavy atom. The van der Waals surface area contributed by atoms with Crippen LogP contribution < -0.4 is 5.56 Å². The predicted molar refractivity (Wildman–Crippen MR) is 80.1 cm³/mol. The van der Waals surface area contributed by atoms with Crippen LogP contribution in [0.15, 0.2) is 29.1 Å². The van der Waals surface area contributed by atoms with E-state index < -0.39 is 0 Å². The van der Waals surface area contributed by atoms with E-state index in [2.05, 4.69) is 14.5 Å². The van der Waals surface area contributed by atoms with E-state index in [4.69, 9.17) is 0 Å². The van der Waals surface area contributed by atoms with Gasteiger partial charge < -0.3 is 0 Å². The Morgan fingerprint density at radius 2 is 1.84 bits per heavy atom. The van der Waals surface area contributed by atoms with E-state index in [1.807, 2.05) is 18.2 Å². The molecule has 0 spiro atoms. The van der Waals surface area contributed by atoms with E-state index >= 15 is 0 Å². The summed E-state index contributed by atoms with van der Waals surface area (Å²) in [5, 5.41) is 0.931. The van der Waals surface area contributed by atoms with Crippen molar-refractivity contribution in [1.29, 1.82) is 0 Å². The fourth-order valence-corrected chi connectivity index (χ4v) is 4.95. The molecule has 1 aromatic carbocycles. The molecule has 0 amide bonds. The molecule has 1 fully saturated rings. The summed E-state index contributed by atoms with van der Waals surface area (Å²) < 4.78 is 3.31. The SMILES string of the molecule is O=c1c2ccccc2[se]n1CCCN1CCCCC1. The van der Waals surface area contributed by atoms with Gasteiger partial charge in [0.1, 0.15) is 0 Å². The zero-order valence-electron chi connectivity index (χ0n) is 11.2. The molecule has 0 N–H and O–H groups in total. The van der Waals surface area contributed by atoms with E-state index in [1.165, 1.54) is 36.6 Å². The fraction of sp³-hybridized carbons (Fsp3) is 0.533. The minimum atomic E-state index is 0.204. The first kappa shape index (κ1) is 13.2. The molecule has 102 valence electrons. The molecule has 0 radical (unpaired) electrons. The fourth-order valence-electron chi connectivity index (χ4n) is 2.79. The van der Waals surface area contributed by atoms with Gasteiger partial charge in [0.2, 0.25) is 0 Å². The Labute approximate surface area is 119 Å². The van der Waals surface area contributed by atoms with Crippen LogP contribution in [0, 0.1) is 0 Å². The third-order valence-electron chi connectivity index (χ3n) is 3.84. The van der Waals surface area contributed by atoms with Crippen molar-refractivity contribution in [2.75, 3.05) is 19.6 Å². The van der Waals surface area contributed by atoms with Crippen LogP contribution >= 0.6 is 0 Å². The summed E-state index contributed by atoms with van der Waals surface area (Å²) in [4.78, 5) is 14.8. The Hall–Kier alpha value is -0.831.